The Balaban J connectivity index is 1.62. The third-order valence-electron chi connectivity index (χ3n) is 4.99. The molecule has 0 spiro atoms. The van der Waals surface area contributed by atoms with Crippen LogP contribution in [0, 0.1) is 5.92 Å². The summed E-state index contributed by atoms with van der Waals surface area (Å²) in [7, 11) is 1.59. The SMILES string of the molecule is Cn1nc(Cl)cc(NC2=CC=C(C3CCN(C(=O)OC(C)(C)C)CC3)C[I-]C2)c1=O. The summed E-state index contributed by atoms with van der Waals surface area (Å²) in [5.41, 5.74) is 2.31. The molecule has 1 aromatic rings. The summed E-state index contributed by atoms with van der Waals surface area (Å²) in [6.45, 7) is 7.15. The van der Waals surface area contributed by atoms with Crippen molar-refractivity contribution in [3.8, 4) is 0 Å². The molecule has 0 aliphatic carbocycles. The molecule has 1 fully saturated rings. The number of carbonyl (C=O) groups excluding carboxylic acids is 1. The first kappa shape index (κ1) is 23.1. The number of piperidine rings is 1. The third-order valence-corrected chi connectivity index (χ3v) is 7.95. The fourth-order valence-electron chi connectivity index (χ4n) is 3.47. The van der Waals surface area contributed by atoms with Crippen molar-refractivity contribution in [2.75, 3.05) is 27.3 Å². The van der Waals surface area contributed by atoms with Gasteiger partial charge < -0.3 is 0 Å². The molecule has 0 unspecified atom stereocenters. The second-order valence-electron chi connectivity index (χ2n) is 8.57. The maximum absolute atomic E-state index is 12.3. The van der Waals surface area contributed by atoms with Crippen molar-refractivity contribution >= 4 is 23.4 Å². The van der Waals surface area contributed by atoms with Crippen LogP contribution in [0.2, 0.25) is 5.15 Å². The molecular weight excluding hydrogens is 519 g/mol. The van der Waals surface area contributed by atoms with E-state index in [1.54, 1.807) is 13.1 Å². The predicted octanol–water partition coefficient (Wildman–Crippen LogP) is 0.406. The molecule has 2 aliphatic rings. The molecule has 7 nitrogen and oxygen atoms in total. The number of anilines is 1. The van der Waals surface area contributed by atoms with Crippen LogP contribution >= 0.6 is 11.6 Å². The molecule has 1 saturated heterocycles. The molecule has 9 heteroatoms. The van der Waals surface area contributed by atoms with Crippen LogP contribution in [-0.2, 0) is 11.8 Å². The Bertz CT molecular complexity index is 912. The molecule has 3 heterocycles. The first-order chi connectivity index (χ1) is 14.1. The molecular formula is C21H29ClIN4O3-. The first-order valence-electron chi connectivity index (χ1n) is 10.0. The average Bonchev–Trinajstić information content (AvgIpc) is 2.90. The minimum absolute atomic E-state index is 0.0491. The zero-order valence-corrected chi connectivity index (χ0v) is 20.8. The van der Waals surface area contributed by atoms with Gasteiger partial charge in [-0.05, 0) is 0 Å². The van der Waals surface area contributed by atoms with E-state index in [0.717, 1.165) is 40.5 Å². The number of aryl methyl sites for hydroxylation is 1. The van der Waals surface area contributed by atoms with E-state index in [2.05, 4.69) is 22.6 Å². The van der Waals surface area contributed by atoms with Gasteiger partial charge in [-0.3, -0.25) is 0 Å². The number of ether oxygens (including phenoxy) is 1. The molecule has 0 atom stereocenters. The molecule has 0 aromatic carbocycles. The van der Waals surface area contributed by atoms with Gasteiger partial charge in [-0.1, -0.05) is 0 Å². The van der Waals surface area contributed by atoms with E-state index in [0.29, 0.717) is 11.6 Å². The first-order valence-corrected chi connectivity index (χ1v) is 13.5. The van der Waals surface area contributed by atoms with Crippen LogP contribution in [0.5, 0.6) is 0 Å². The van der Waals surface area contributed by atoms with Gasteiger partial charge in [0.1, 0.15) is 0 Å². The number of rotatable bonds is 3. The summed E-state index contributed by atoms with van der Waals surface area (Å²) in [6, 6.07) is 1.57. The number of carbonyl (C=O) groups is 1. The van der Waals surface area contributed by atoms with Crippen molar-refractivity contribution in [3.63, 3.8) is 0 Å². The number of hydrogen-bond acceptors (Lipinski definition) is 5. The van der Waals surface area contributed by atoms with E-state index >= 15 is 0 Å². The van der Waals surface area contributed by atoms with Gasteiger partial charge in [0.2, 0.25) is 0 Å². The standard InChI is InChI=1S/C21H29ClIN4O3/c1-21(2,3)30-20(29)27-9-7-14(8-10-27)15-5-6-16(13-23-12-15)24-17-11-18(22)25-26(4)19(17)28/h5-6,11,14,24H,7-10,12-13H2,1-4H3/q-1. The monoisotopic (exact) mass is 547 g/mol. The zero-order valence-electron chi connectivity index (χ0n) is 17.9. The number of aromatic nitrogens is 2. The van der Waals surface area contributed by atoms with Gasteiger partial charge in [0, 0.05) is 0 Å². The van der Waals surface area contributed by atoms with Gasteiger partial charge in [-0.2, -0.15) is 0 Å². The second-order valence-corrected chi connectivity index (χ2v) is 11.6. The fraction of sp³-hybridized carbons (Fsp3) is 0.571. The minimum atomic E-state index is -0.462. The molecule has 166 valence electrons. The van der Waals surface area contributed by atoms with Crippen LogP contribution in [-0.4, -0.2) is 48.3 Å². The van der Waals surface area contributed by atoms with Crippen LogP contribution in [0.1, 0.15) is 33.6 Å². The van der Waals surface area contributed by atoms with Crippen molar-refractivity contribution in [2.45, 2.75) is 39.2 Å². The van der Waals surface area contributed by atoms with Crippen molar-refractivity contribution in [1.82, 2.24) is 14.7 Å². The van der Waals surface area contributed by atoms with Crippen molar-refractivity contribution in [2.24, 2.45) is 13.0 Å². The number of nitrogens with zero attached hydrogens (tertiary/aromatic N) is 3. The van der Waals surface area contributed by atoms with E-state index < -0.39 is 5.60 Å². The third kappa shape index (κ3) is 6.23. The Morgan fingerprint density at radius 2 is 1.97 bits per heavy atom. The van der Waals surface area contributed by atoms with Crippen LogP contribution in [0.3, 0.4) is 0 Å². The van der Waals surface area contributed by atoms with E-state index in [4.69, 9.17) is 16.3 Å². The zero-order chi connectivity index (χ0) is 21.9. The maximum atomic E-state index is 12.3. The molecule has 1 N–H and O–H groups in total. The summed E-state index contributed by atoms with van der Waals surface area (Å²) >= 11 is 5.94. The molecule has 1 amide bonds. The van der Waals surface area contributed by atoms with E-state index in [-0.39, 0.29) is 38.0 Å². The Morgan fingerprint density at radius 1 is 1.27 bits per heavy atom. The summed E-state index contributed by atoms with van der Waals surface area (Å²) in [4.78, 5) is 26.4. The Labute approximate surface area is 192 Å². The van der Waals surface area contributed by atoms with Crippen LogP contribution in [0.25, 0.3) is 0 Å². The number of alkyl halides is 2. The number of amides is 1. The van der Waals surface area contributed by atoms with Gasteiger partial charge in [0.15, 0.2) is 0 Å². The fourth-order valence-corrected chi connectivity index (χ4v) is 6.49. The predicted molar refractivity (Wildman–Crippen MR) is 115 cm³/mol. The normalized spacial score (nSPS) is 18.6. The number of likely N-dealkylation sites (tertiary alicyclic amines) is 1. The van der Waals surface area contributed by atoms with Crippen molar-refractivity contribution in [1.29, 1.82) is 0 Å². The molecule has 0 bridgehead atoms. The Hall–Kier alpha value is -1.55. The van der Waals surface area contributed by atoms with Gasteiger partial charge in [0.25, 0.3) is 0 Å². The molecule has 0 saturated carbocycles. The summed E-state index contributed by atoms with van der Waals surface area (Å²) in [5, 5.41) is 7.47. The van der Waals surface area contributed by atoms with Crippen LogP contribution in [0.15, 0.2) is 34.3 Å². The summed E-state index contributed by atoms with van der Waals surface area (Å²) in [6.07, 6.45) is 6.01. The number of halogens is 2. The molecule has 1 aromatic heterocycles. The molecule has 0 radical (unpaired) electrons. The number of hydrogen-bond donors (Lipinski definition) is 1. The second kappa shape index (κ2) is 9.72. The summed E-state index contributed by atoms with van der Waals surface area (Å²) in [5.74, 6) is 0.502. The van der Waals surface area contributed by atoms with E-state index in [1.807, 2.05) is 25.7 Å². The van der Waals surface area contributed by atoms with E-state index in [9.17, 15) is 9.59 Å². The van der Waals surface area contributed by atoms with E-state index in [1.165, 1.54) is 10.3 Å². The van der Waals surface area contributed by atoms with Crippen LogP contribution < -0.4 is 32.1 Å². The van der Waals surface area contributed by atoms with Crippen molar-refractivity contribution < 1.29 is 30.7 Å². The van der Waals surface area contributed by atoms with Gasteiger partial charge in [0.05, 0.1) is 0 Å². The quantitative estimate of drug-likeness (QED) is 0.438. The number of allylic oxidation sites excluding steroid dienone is 4. The summed E-state index contributed by atoms with van der Waals surface area (Å²) < 4.78 is 8.84. The molecule has 2 aliphatic heterocycles. The number of nitrogens with one attached hydrogen (secondary N) is 1. The molecule has 3 rings (SSSR count). The topological polar surface area (TPSA) is 76.5 Å². The van der Waals surface area contributed by atoms with Gasteiger partial charge in [-0.15, -0.1) is 0 Å². The van der Waals surface area contributed by atoms with Crippen molar-refractivity contribution in [3.05, 3.63) is 45.0 Å². The van der Waals surface area contributed by atoms with Gasteiger partial charge >= 0.3 is 193 Å². The Kier molecular flexibility index (Phi) is 7.49. The molecule has 30 heavy (non-hydrogen) atoms. The average molecular weight is 548 g/mol. The van der Waals surface area contributed by atoms with Crippen LogP contribution in [0.4, 0.5) is 10.5 Å². The van der Waals surface area contributed by atoms with Gasteiger partial charge in [-0.25, -0.2) is 0 Å². The Morgan fingerprint density at radius 3 is 2.63 bits per heavy atom.